The van der Waals surface area contributed by atoms with E-state index in [0.717, 1.165) is 0 Å². The molecule has 190 valence electrons. The zero-order chi connectivity index (χ0) is 26.8. The molecule has 1 amide bonds. The minimum Gasteiger partial charge on any atom is -0.394 e. The van der Waals surface area contributed by atoms with Crippen molar-refractivity contribution in [3.63, 3.8) is 0 Å². The second-order valence-corrected chi connectivity index (χ2v) is 8.39. The van der Waals surface area contributed by atoms with Gasteiger partial charge in [0.15, 0.2) is 11.3 Å². The Bertz CT molecular complexity index is 1780. The lowest BCUT2D eigenvalue weighted by molar-refractivity contribution is 0.102. The number of nitrogens with zero attached hydrogens (tertiary/aromatic N) is 7. The third-order valence-electron chi connectivity index (χ3n) is 5.95. The lowest BCUT2D eigenvalue weighted by Crippen LogP contribution is -2.17. The first-order chi connectivity index (χ1) is 18.4. The molecular formula is C26H23N9O3. The fraction of sp³-hybridized carbons (Fsp3) is 0.154. The number of amides is 1. The molecule has 5 aromatic rings. The number of anilines is 2. The molecule has 0 atom stereocenters. The second kappa shape index (κ2) is 10.00. The summed E-state index contributed by atoms with van der Waals surface area (Å²) < 4.78 is 4.58. The van der Waals surface area contributed by atoms with Gasteiger partial charge in [0.2, 0.25) is 5.95 Å². The van der Waals surface area contributed by atoms with Gasteiger partial charge in [-0.2, -0.15) is 5.10 Å². The van der Waals surface area contributed by atoms with Crippen molar-refractivity contribution in [2.75, 3.05) is 17.7 Å². The van der Waals surface area contributed by atoms with Crippen LogP contribution in [0.5, 0.6) is 0 Å². The van der Waals surface area contributed by atoms with Gasteiger partial charge in [0.25, 0.3) is 11.5 Å². The Morgan fingerprint density at radius 1 is 1.16 bits per heavy atom. The Morgan fingerprint density at radius 2 is 2.00 bits per heavy atom. The van der Waals surface area contributed by atoms with Crippen LogP contribution in [0.4, 0.5) is 17.3 Å². The van der Waals surface area contributed by atoms with Crippen molar-refractivity contribution >= 4 is 28.9 Å². The summed E-state index contributed by atoms with van der Waals surface area (Å²) in [6.45, 7) is 9.94. The summed E-state index contributed by atoms with van der Waals surface area (Å²) in [4.78, 5) is 38.1. The highest BCUT2D eigenvalue weighted by Crippen LogP contribution is 2.36. The van der Waals surface area contributed by atoms with Crippen molar-refractivity contribution in [1.82, 2.24) is 28.7 Å². The Balaban J connectivity index is 1.69. The first-order valence-corrected chi connectivity index (χ1v) is 11.7. The molecule has 4 N–H and O–H groups in total. The molecule has 0 saturated heterocycles. The highest BCUT2D eigenvalue weighted by molar-refractivity contribution is 6.04. The third-order valence-corrected chi connectivity index (χ3v) is 5.95. The molecule has 0 unspecified atom stereocenters. The number of pyridine rings is 1. The van der Waals surface area contributed by atoms with Crippen LogP contribution in [0.2, 0.25) is 0 Å². The van der Waals surface area contributed by atoms with Gasteiger partial charge in [-0.3, -0.25) is 18.7 Å². The summed E-state index contributed by atoms with van der Waals surface area (Å²) in [6, 6.07) is 10.1. The van der Waals surface area contributed by atoms with Crippen LogP contribution in [0.15, 0.2) is 66.0 Å². The van der Waals surface area contributed by atoms with Crippen molar-refractivity contribution in [1.29, 1.82) is 0 Å². The predicted molar refractivity (Wildman–Crippen MR) is 142 cm³/mol. The van der Waals surface area contributed by atoms with Gasteiger partial charge in [-0.05, 0) is 24.6 Å². The molecule has 0 saturated carbocycles. The number of aromatic nitrogens is 6. The van der Waals surface area contributed by atoms with Gasteiger partial charge >= 0.3 is 0 Å². The summed E-state index contributed by atoms with van der Waals surface area (Å²) in [5.74, 6) is -0.393. The van der Waals surface area contributed by atoms with E-state index >= 15 is 0 Å². The van der Waals surface area contributed by atoms with Gasteiger partial charge in [-0.25, -0.2) is 14.8 Å². The molecule has 5 rings (SSSR count). The first kappa shape index (κ1) is 24.4. The zero-order valence-electron chi connectivity index (χ0n) is 20.4. The molecule has 0 fully saturated rings. The maximum atomic E-state index is 13.1. The van der Waals surface area contributed by atoms with E-state index in [1.165, 1.54) is 27.5 Å². The van der Waals surface area contributed by atoms with E-state index in [4.69, 9.17) is 17.4 Å². The van der Waals surface area contributed by atoms with E-state index in [1.54, 1.807) is 41.2 Å². The number of carbonyl (C=O) groups excluding carboxylic acids is 1. The fourth-order valence-electron chi connectivity index (χ4n) is 4.14. The standard InChI is InChI=1S/C26H23N9O3/c1-3-33-13-17(7-8-21(33)37)22-23(16-5-4-6-18(11-16)28-2)32-26(27)35-15-20(31-24(22)35)25(38)30-19-12-29-34(14-19)9-10-36/h4-8,11-15,36H,3,9-10H2,1H3,(H2,27,32)(H,30,38). The molecule has 12 nitrogen and oxygen atoms in total. The molecule has 0 aliphatic rings. The monoisotopic (exact) mass is 509 g/mol. The number of imidazole rings is 1. The molecule has 0 bridgehead atoms. The molecule has 4 aromatic heterocycles. The minimum absolute atomic E-state index is 0.0803. The number of benzene rings is 1. The van der Waals surface area contributed by atoms with E-state index in [-0.39, 0.29) is 23.8 Å². The van der Waals surface area contributed by atoms with Crippen LogP contribution in [-0.2, 0) is 13.1 Å². The van der Waals surface area contributed by atoms with Crippen molar-refractivity contribution < 1.29 is 9.90 Å². The maximum absolute atomic E-state index is 13.1. The fourth-order valence-corrected chi connectivity index (χ4v) is 4.14. The summed E-state index contributed by atoms with van der Waals surface area (Å²) in [5, 5.41) is 15.9. The Hall–Kier alpha value is -5.28. The van der Waals surface area contributed by atoms with Gasteiger partial charge in [0.05, 0.1) is 42.9 Å². The molecule has 12 heteroatoms. The van der Waals surface area contributed by atoms with Crippen molar-refractivity contribution in [3.05, 3.63) is 88.7 Å². The SMILES string of the molecule is [C-]#[N+]c1cccc(-c2nc(N)n3cc(C(=O)Nc4cnn(CCO)c4)nc3c2-c2ccc(=O)n(CC)c2)c1. The normalized spacial score (nSPS) is 11.0. The number of rotatable bonds is 7. The molecule has 0 radical (unpaired) electrons. The van der Waals surface area contributed by atoms with Crippen LogP contribution in [-0.4, -0.2) is 46.3 Å². The highest BCUT2D eigenvalue weighted by atomic mass is 16.3. The average molecular weight is 510 g/mol. The van der Waals surface area contributed by atoms with Crippen LogP contribution < -0.4 is 16.6 Å². The van der Waals surface area contributed by atoms with Gasteiger partial charge in [0.1, 0.15) is 5.69 Å². The number of carbonyl (C=O) groups is 1. The van der Waals surface area contributed by atoms with Crippen LogP contribution in [0.3, 0.4) is 0 Å². The number of nitrogens with one attached hydrogen (secondary N) is 1. The van der Waals surface area contributed by atoms with E-state index in [9.17, 15) is 9.59 Å². The zero-order valence-corrected chi connectivity index (χ0v) is 20.4. The van der Waals surface area contributed by atoms with E-state index < -0.39 is 5.91 Å². The average Bonchev–Trinajstić information content (AvgIpc) is 3.57. The maximum Gasteiger partial charge on any atom is 0.275 e. The summed E-state index contributed by atoms with van der Waals surface area (Å²) in [7, 11) is 0. The summed E-state index contributed by atoms with van der Waals surface area (Å²) in [5.41, 5.74) is 9.80. The number of aliphatic hydroxyl groups excluding tert-OH is 1. The lowest BCUT2D eigenvalue weighted by Gasteiger charge is -2.14. The number of nitrogens with two attached hydrogens (primary N) is 1. The Labute approximate surface area is 216 Å². The number of aryl methyl sites for hydroxylation is 1. The lowest BCUT2D eigenvalue weighted by atomic mass is 10.0. The molecule has 4 heterocycles. The van der Waals surface area contributed by atoms with Crippen LogP contribution in [0, 0.1) is 6.57 Å². The number of hydrogen-bond donors (Lipinski definition) is 3. The van der Waals surface area contributed by atoms with Crippen molar-refractivity contribution in [3.8, 4) is 22.4 Å². The van der Waals surface area contributed by atoms with Crippen LogP contribution in [0.1, 0.15) is 17.4 Å². The van der Waals surface area contributed by atoms with Crippen molar-refractivity contribution in [2.24, 2.45) is 0 Å². The van der Waals surface area contributed by atoms with Gasteiger partial charge in [-0.1, -0.05) is 18.2 Å². The topological polar surface area (TPSA) is 150 Å². The highest BCUT2D eigenvalue weighted by Gasteiger charge is 2.22. The predicted octanol–water partition coefficient (Wildman–Crippen LogP) is 2.82. The molecule has 0 aliphatic carbocycles. The van der Waals surface area contributed by atoms with E-state index in [0.29, 0.717) is 52.5 Å². The Morgan fingerprint density at radius 3 is 2.76 bits per heavy atom. The van der Waals surface area contributed by atoms with E-state index in [1.807, 2.05) is 13.0 Å². The van der Waals surface area contributed by atoms with Crippen molar-refractivity contribution in [2.45, 2.75) is 20.0 Å². The number of fused-ring (bicyclic) bond motifs is 1. The first-order valence-electron chi connectivity index (χ1n) is 11.7. The summed E-state index contributed by atoms with van der Waals surface area (Å²) in [6.07, 6.45) is 6.27. The van der Waals surface area contributed by atoms with Crippen LogP contribution >= 0.6 is 0 Å². The number of hydrogen-bond acceptors (Lipinski definition) is 7. The largest absolute Gasteiger partial charge is 0.394 e. The van der Waals surface area contributed by atoms with Gasteiger partial charge in [0, 0.05) is 36.8 Å². The quantitative estimate of drug-likeness (QED) is 0.286. The molecule has 0 spiro atoms. The third kappa shape index (κ3) is 4.49. The molecule has 38 heavy (non-hydrogen) atoms. The molecule has 0 aliphatic heterocycles. The second-order valence-electron chi connectivity index (χ2n) is 8.39. The smallest absolute Gasteiger partial charge is 0.275 e. The summed E-state index contributed by atoms with van der Waals surface area (Å²) >= 11 is 0. The minimum atomic E-state index is -0.488. The number of nitrogen functional groups attached to an aromatic ring is 1. The molecule has 1 aromatic carbocycles. The van der Waals surface area contributed by atoms with Gasteiger partial charge < -0.3 is 20.7 Å². The van der Waals surface area contributed by atoms with Crippen LogP contribution in [0.25, 0.3) is 32.9 Å². The molecular weight excluding hydrogens is 486 g/mol. The Kier molecular flexibility index (Phi) is 6.42. The van der Waals surface area contributed by atoms with Gasteiger partial charge in [-0.15, -0.1) is 0 Å². The number of aliphatic hydroxyl groups is 1. The van der Waals surface area contributed by atoms with E-state index in [2.05, 4.69) is 25.2 Å².